The Morgan fingerprint density at radius 2 is 2.17 bits per heavy atom. The van der Waals surface area contributed by atoms with Crippen LogP contribution in [-0.4, -0.2) is 61.4 Å². The minimum absolute atomic E-state index is 0.0834. The highest BCUT2D eigenvalue weighted by atomic mass is 16.5. The van der Waals surface area contributed by atoms with Crippen LogP contribution in [0.3, 0.4) is 0 Å². The number of piperidine rings is 1. The van der Waals surface area contributed by atoms with Crippen molar-refractivity contribution in [2.75, 3.05) is 39.4 Å². The number of carbonyl (C=O) groups is 1. The molecule has 5 heteroatoms. The summed E-state index contributed by atoms with van der Waals surface area (Å²) in [6, 6.07) is 0. The molecule has 0 radical (unpaired) electrons. The van der Waals surface area contributed by atoms with E-state index in [4.69, 9.17) is 9.84 Å². The second-order valence-electron chi connectivity index (χ2n) is 4.77. The topological polar surface area (TPSA) is 61.8 Å². The Hall–Kier alpha value is -0.650. The van der Waals surface area contributed by atoms with Crippen molar-refractivity contribution >= 4 is 5.91 Å². The SMILES string of the molecule is CCCCNC(=O)CN1CCC(OCCO)CC1. The van der Waals surface area contributed by atoms with Gasteiger partial charge < -0.3 is 15.2 Å². The number of nitrogens with one attached hydrogen (secondary N) is 1. The molecule has 1 amide bonds. The first-order valence-electron chi connectivity index (χ1n) is 6.97. The number of amides is 1. The fraction of sp³-hybridized carbons (Fsp3) is 0.923. The second kappa shape index (κ2) is 9.30. The maximum absolute atomic E-state index is 11.6. The van der Waals surface area contributed by atoms with Gasteiger partial charge >= 0.3 is 0 Å². The van der Waals surface area contributed by atoms with Crippen LogP contribution in [0.25, 0.3) is 0 Å². The van der Waals surface area contributed by atoms with Gasteiger partial charge in [0, 0.05) is 19.6 Å². The summed E-state index contributed by atoms with van der Waals surface area (Å²) >= 11 is 0. The van der Waals surface area contributed by atoms with E-state index in [1.54, 1.807) is 0 Å². The normalized spacial score (nSPS) is 17.9. The lowest BCUT2D eigenvalue weighted by molar-refractivity contribution is -0.123. The quantitative estimate of drug-likeness (QED) is 0.618. The molecule has 0 atom stereocenters. The van der Waals surface area contributed by atoms with E-state index >= 15 is 0 Å². The molecule has 18 heavy (non-hydrogen) atoms. The lowest BCUT2D eigenvalue weighted by Crippen LogP contribution is -2.43. The molecule has 0 aromatic rings. The van der Waals surface area contributed by atoms with Crippen molar-refractivity contribution in [2.45, 2.75) is 38.7 Å². The first-order chi connectivity index (χ1) is 8.76. The average molecular weight is 258 g/mol. The van der Waals surface area contributed by atoms with E-state index in [1.807, 2.05) is 0 Å². The van der Waals surface area contributed by atoms with Crippen molar-refractivity contribution in [3.05, 3.63) is 0 Å². The molecule has 0 spiro atoms. The predicted molar refractivity (Wildman–Crippen MR) is 70.4 cm³/mol. The number of ether oxygens (including phenoxy) is 1. The number of carbonyl (C=O) groups excluding carboxylic acids is 1. The predicted octanol–water partition coefficient (Wildman–Crippen LogP) is 0.376. The van der Waals surface area contributed by atoms with Crippen LogP contribution in [0.4, 0.5) is 0 Å². The van der Waals surface area contributed by atoms with Crippen molar-refractivity contribution in [1.82, 2.24) is 10.2 Å². The van der Waals surface area contributed by atoms with Crippen LogP contribution in [0.15, 0.2) is 0 Å². The first-order valence-corrected chi connectivity index (χ1v) is 6.97. The van der Waals surface area contributed by atoms with Gasteiger partial charge in [0.1, 0.15) is 0 Å². The summed E-state index contributed by atoms with van der Waals surface area (Å²) in [5.74, 6) is 0.123. The fourth-order valence-electron chi connectivity index (χ4n) is 2.12. The molecule has 106 valence electrons. The van der Waals surface area contributed by atoms with Gasteiger partial charge in [0.05, 0.1) is 25.9 Å². The van der Waals surface area contributed by atoms with Gasteiger partial charge in [-0.1, -0.05) is 13.3 Å². The summed E-state index contributed by atoms with van der Waals surface area (Å²) in [5, 5.41) is 11.6. The van der Waals surface area contributed by atoms with Gasteiger partial charge in [-0.2, -0.15) is 0 Å². The summed E-state index contributed by atoms with van der Waals surface area (Å²) < 4.78 is 5.49. The van der Waals surface area contributed by atoms with Gasteiger partial charge in [-0.15, -0.1) is 0 Å². The third kappa shape index (κ3) is 6.33. The minimum atomic E-state index is 0.0834. The van der Waals surface area contributed by atoms with E-state index < -0.39 is 0 Å². The zero-order valence-electron chi connectivity index (χ0n) is 11.4. The van der Waals surface area contributed by atoms with Crippen LogP contribution in [0.2, 0.25) is 0 Å². The molecule has 0 aliphatic carbocycles. The van der Waals surface area contributed by atoms with E-state index in [1.165, 1.54) is 0 Å². The highest BCUT2D eigenvalue weighted by Gasteiger charge is 2.20. The smallest absolute Gasteiger partial charge is 0.234 e. The highest BCUT2D eigenvalue weighted by molar-refractivity contribution is 5.77. The van der Waals surface area contributed by atoms with E-state index in [0.717, 1.165) is 45.3 Å². The summed E-state index contributed by atoms with van der Waals surface area (Å²) in [5.41, 5.74) is 0. The first kappa shape index (κ1) is 15.4. The molecule has 0 bridgehead atoms. The lowest BCUT2D eigenvalue weighted by Gasteiger charge is -2.31. The van der Waals surface area contributed by atoms with E-state index in [0.29, 0.717) is 13.2 Å². The number of hydrogen-bond acceptors (Lipinski definition) is 4. The van der Waals surface area contributed by atoms with Crippen molar-refractivity contribution in [3.8, 4) is 0 Å². The largest absolute Gasteiger partial charge is 0.394 e. The monoisotopic (exact) mass is 258 g/mol. The van der Waals surface area contributed by atoms with Crippen molar-refractivity contribution in [3.63, 3.8) is 0 Å². The van der Waals surface area contributed by atoms with Gasteiger partial charge in [0.2, 0.25) is 5.91 Å². The third-order valence-electron chi connectivity index (χ3n) is 3.20. The molecule has 1 saturated heterocycles. The summed E-state index contributed by atoms with van der Waals surface area (Å²) in [7, 11) is 0. The van der Waals surface area contributed by atoms with Crippen LogP contribution >= 0.6 is 0 Å². The van der Waals surface area contributed by atoms with Crippen LogP contribution in [0.1, 0.15) is 32.6 Å². The van der Waals surface area contributed by atoms with Crippen LogP contribution < -0.4 is 5.32 Å². The lowest BCUT2D eigenvalue weighted by atomic mass is 10.1. The number of nitrogens with zero attached hydrogens (tertiary/aromatic N) is 1. The van der Waals surface area contributed by atoms with Gasteiger partial charge in [0.15, 0.2) is 0 Å². The molecule has 0 aromatic carbocycles. The maximum Gasteiger partial charge on any atom is 0.234 e. The van der Waals surface area contributed by atoms with Crippen molar-refractivity contribution in [2.24, 2.45) is 0 Å². The van der Waals surface area contributed by atoms with Crippen LogP contribution in [-0.2, 0) is 9.53 Å². The van der Waals surface area contributed by atoms with E-state index in [9.17, 15) is 4.79 Å². The van der Waals surface area contributed by atoms with Gasteiger partial charge in [-0.25, -0.2) is 0 Å². The van der Waals surface area contributed by atoms with Gasteiger partial charge in [-0.3, -0.25) is 9.69 Å². The molecular weight excluding hydrogens is 232 g/mol. The molecule has 0 unspecified atom stereocenters. The zero-order chi connectivity index (χ0) is 13.2. The van der Waals surface area contributed by atoms with E-state index in [2.05, 4.69) is 17.1 Å². The number of hydrogen-bond donors (Lipinski definition) is 2. The molecule has 1 fully saturated rings. The second-order valence-corrected chi connectivity index (χ2v) is 4.77. The molecule has 1 rings (SSSR count). The van der Waals surface area contributed by atoms with Crippen LogP contribution in [0.5, 0.6) is 0 Å². The molecule has 0 aromatic heterocycles. The Kier molecular flexibility index (Phi) is 7.96. The third-order valence-corrected chi connectivity index (χ3v) is 3.20. The molecular formula is C13H26N2O3. The Labute approximate surface area is 109 Å². The number of rotatable bonds is 8. The summed E-state index contributed by atoms with van der Waals surface area (Å²) in [6.45, 7) is 5.70. The zero-order valence-corrected chi connectivity index (χ0v) is 11.4. The van der Waals surface area contributed by atoms with E-state index in [-0.39, 0.29) is 18.6 Å². The number of aliphatic hydroxyl groups is 1. The number of unbranched alkanes of at least 4 members (excludes halogenated alkanes) is 1. The fourth-order valence-corrected chi connectivity index (χ4v) is 2.12. The highest BCUT2D eigenvalue weighted by Crippen LogP contribution is 2.12. The number of likely N-dealkylation sites (tertiary alicyclic amines) is 1. The van der Waals surface area contributed by atoms with Crippen molar-refractivity contribution < 1.29 is 14.6 Å². The standard InChI is InChI=1S/C13H26N2O3/c1-2-3-6-14-13(17)11-15-7-4-12(5-8-15)18-10-9-16/h12,16H,2-11H2,1H3,(H,14,17). The molecule has 1 heterocycles. The Morgan fingerprint density at radius 1 is 1.44 bits per heavy atom. The minimum Gasteiger partial charge on any atom is -0.394 e. The Balaban J connectivity index is 2.09. The molecule has 5 nitrogen and oxygen atoms in total. The van der Waals surface area contributed by atoms with Gasteiger partial charge in [-0.05, 0) is 19.3 Å². The molecule has 2 N–H and O–H groups in total. The maximum atomic E-state index is 11.6. The number of aliphatic hydroxyl groups excluding tert-OH is 1. The summed E-state index contributed by atoms with van der Waals surface area (Å²) in [6.07, 6.45) is 4.29. The van der Waals surface area contributed by atoms with Crippen molar-refractivity contribution in [1.29, 1.82) is 0 Å². The molecule has 0 saturated carbocycles. The Morgan fingerprint density at radius 3 is 2.78 bits per heavy atom. The molecule has 1 aliphatic heterocycles. The van der Waals surface area contributed by atoms with Gasteiger partial charge in [0.25, 0.3) is 0 Å². The van der Waals surface area contributed by atoms with Crippen LogP contribution in [0, 0.1) is 0 Å². The molecule has 1 aliphatic rings. The summed E-state index contributed by atoms with van der Waals surface area (Å²) in [4.78, 5) is 13.8. The Bertz CT molecular complexity index is 228. The average Bonchev–Trinajstić information content (AvgIpc) is 2.38.